The minimum atomic E-state index is -0.0989. The number of carbonyl (C=O) groups is 1. The summed E-state index contributed by atoms with van der Waals surface area (Å²) in [6.45, 7) is 0.954. The fourth-order valence-electron chi connectivity index (χ4n) is 1.86. The molecule has 1 amide bonds. The van der Waals surface area contributed by atoms with Crippen LogP contribution in [0.5, 0.6) is 0 Å². The van der Waals surface area contributed by atoms with Crippen LogP contribution in [-0.2, 0) is 0 Å². The van der Waals surface area contributed by atoms with Gasteiger partial charge >= 0.3 is 0 Å². The predicted molar refractivity (Wildman–Crippen MR) is 83.7 cm³/mol. The highest BCUT2D eigenvalue weighted by atomic mass is 79.9. The van der Waals surface area contributed by atoms with Gasteiger partial charge in [0.15, 0.2) is 5.96 Å². The smallest absolute Gasteiger partial charge is 0.251 e. The number of amides is 1. The molecule has 0 radical (unpaired) electrons. The van der Waals surface area contributed by atoms with Crippen molar-refractivity contribution in [1.82, 2.24) is 10.6 Å². The van der Waals surface area contributed by atoms with Crippen molar-refractivity contribution in [3.05, 3.63) is 34.3 Å². The average Bonchev–Trinajstić information content (AvgIpc) is 2.39. The van der Waals surface area contributed by atoms with E-state index in [4.69, 9.17) is 5.73 Å². The Kier molecular flexibility index (Phi) is 5.40. The standard InChI is InChI=1S/C14H19BrN4O/c15-11-6-4-10(5-7-11)13(20)17-8-9-18-14(16)19-12-2-1-3-12/h4-7,12H,1-3,8-9H2,(H,17,20)(H3,16,18,19). The molecule has 2 rings (SSSR count). The number of nitrogens with one attached hydrogen (secondary N) is 2. The molecule has 1 aromatic rings. The fourth-order valence-corrected chi connectivity index (χ4v) is 2.12. The third-order valence-corrected chi connectivity index (χ3v) is 3.77. The van der Waals surface area contributed by atoms with Gasteiger partial charge in [-0.1, -0.05) is 15.9 Å². The Balaban J connectivity index is 1.68. The normalized spacial score (nSPS) is 15.6. The molecule has 0 bridgehead atoms. The number of hydrogen-bond donors (Lipinski definition) is 3. The van der Waals surface area contributed by atoms with E-state index < -0.39 is 0 Å². The number of guanidine groups is 1. The second-order valence-electron chi connectivity index (χ2n) is 4.80. The lowest BCUT2D eigenvalue weighted by molar-refractivity contribution is 0.0955. The van der Waals surface area contributed by atoms with Crippen LogP contribution in [0.15, 0.2) is 33.7 Å². The molecule has 1 aliphatic rings. The monoisotopic (exact) mass is 338 g/mol. The zero-order valence-corrected chi connectivity index (χ0v) is 12.8. The second kappa shape index (κ2) is 7.28. The molecule has 0 atom stereocenters. The largest absolute Gasteiger partial charge is 0.370 e. The van der Waals surface area contributed by atoms with Gasteiger partial charge in [-0.25, -0.2) is 0 Å². The molecule has 1 fully saturated rings. The van der Waals surface area contributed by atoms with Crippen LogP contribution in [0.25, 0.3) is 0 Å². The molecule has 20 heavy (non-hydrogen) atoms. The average molecular weight is 339 g/mol. The molecular weight excluding hydrogens is 320 g/mol. The third-order valence-electron chi connectivity index (χ3n) is 3.24. The molecule has 5 nitrogen and oxygen atoms in total. The lowest BCUT2D eigenvalue weighted by atomic mass is 9.93. The molecule has 1 aliphatic carbocycles. The number of nitrogens with two attached hydrogens (primary N) is 1. The van der Waals surface area contributed by atoms with Crippen LogP contribution < -0.4 is 16.4 Å². The molecule has 6 heteroatoms. The van der Waals surface area contributed by atoms with Crippen molar-refractivity contribution in [2.75, 3.05) is 13.1 Å². The minimum Gasteiger partial charge on any atom is -0.370 e. The number of carbonyl (C=O) groups excluding carboxylic acids is 1. The Labute approximate surface area is 127 Å². The first-order valence-electron chi connectivity index (χ1n) is 6.75. The Hall–Kier alpha value is -1.56. The van der Waals surface area contributed by atoms with E-state index in [1.165, 1.54) is 6.42 Å². The van der Waals surface area contributed by atoms with Crippen molar-refractivity contribution in [3.8, 4) is 0 Å². The maximum atomic E-state index is 11.8. The highest BCUT2D eigenvalue weighted by Crippen LogP contribution is 2.17. The van der Waals surface area contributed by atoms with E-state index in [-0.39, 0.29) is 5.91 Å². The summed E-state index contributed by atoms with van der Waals surface area (Å²) in [7, 11) is 0. The van der Waals surface area contributed by atoms with E-state index in [1.807, 2.05) is 12.1 Å². The van der Waals surface area contributed by atoms with E-state index in [0.29, 0.717) is 30.7 Å². The van der Waals surface area contributed by atoms with Crippen LogP contribution in [0.1, 0.15) is 29.6 Å². The zero-order valence-electron chi connectivity index (χ0n) is 11.2. The number of nitrogens with zero attached hydrogens (tertiary/aromatic N) is 1. The molecule has 0 heterocycles. The Morgan fingerprint density at radius 1 is 1.35 bits per heavy atom. The molecule has 1 saturated carbocycles. The highest BCUT2D eigenvalue weighted by molar-refractivity contribution is 9.10. The second-order valence-corrected chi connectivity index (χ2v) is 5.72. The van der Waals surface area contributed by atoms with Gasteiger partial charge in [-0.15, -0.1) is 0 Å². The van der Waals surface area contributed by atoms with Gasteiger partial charge in [0.1, 0.15) is 0 Å². The molecule has 0 saturated heterocycles. The number of hydrogen-bond acceptors (Lipinski definition) is 2. The van der Waals surface area contributed by atoms with Gasteiger partial charge in [0.2, 0.25) is 0 Å². The van der Waals surface area contributed by atoms with Crippen LogP contribution in [-0.4, -0.2) is 31.0 Å². The number of aliphatic imine (C=N–C) groups is 1. The quantitative estimate of drug-likeness (QED) is 0.433. The first-order chi connectivity index (χ1) is 9.65. The summed E-state index contributed by atoms with van der Waals surface area (Å²) in [6, 6.07) is 7.71. The summed E-state index contributed by atoms with van der Waals surface area (Å²) in [4.78, 5) is 16.0. The van der Waals surface area contributed by atoms with Crippen molar-refractivity contribution in [3.63, 3.8) is 0 Å². The molecule has 108 valence electrons. The minimum absolute atomic E-state index is 0.0989. The number of halogens is 1. The topological polar surface area (TPSA) is 79.5 Å². The van der Waals surface area contributed by atoms with Gasteiger partial charge < -0.3 is 16.4 Å². The van der Waals surface area contributed by atoms with Crippen LogP contribution >= 0.6 is 15.9 Å². The lowest BCUT2D eigenvalue weighted by Crippen LogP contribution is -2.44. The Morgan fingerprint density at radius 3 is 2.65 bits per heavy atom. The molecule has 0 spiro atoms. The highest BCUT2D eigenvalue weighted by Gasteiger charge is 2.16. The van der Waals surface area contributed by atoms with Crippen LogP contribution in [0.2, 0.25) is 0 Å². The summed E-state index contributed by atoms with van der Waals surface area (Å²) >= 11 is 3.33. The van der Waals surface area contributed by atoms with E-state index in [2.05, 4.69) is 31.6 Å². The van der Waals surface area contributed by atoms with Crippen LogP contribution in [0.3, 0.4) is 0 Å². The molecule has 4 N–H and O–H groups in total. The fraction of sp³-hybridized carbons (Fsp3) is 0.429. The third kappa shape index (κ3) is 4.52. The first kappa shape index (κ1) is 14.8. The van der Waals surface area contributed by atoms with Gasteiger partial charge in [0.25, 0.3) is 5.91 Å². The van der Waals surface area contributed by atoms with Gasteiger partial charge in [-0.3, -0.25) is 9.79 Å². The van der Waals surface area contributed by atoms with Crippen molar-refractivity contribution in [2.24, 2.45) is 10.7 Å². The Morgan fingerprint density at radius 2 is 2.05 bits per heavy atom. The van der Waals surface area contributed by atoms with Crippen molar-refractivity contribution in [1.29, 1.82) is 0 Å². The summed E-state index contributed by atoms with van der Waals surface area (Å²) in [5.41, 5.74) is 6.39. The van der Waals surface area contributed by atoms with Crippen molar-refractivity contribution in [2.45, 2.75) is 25.3 Å². The molecule has 0 aromatic heterocycles. The summed E-state index contributed by atoms with van der Waals surface area (Å²) < 4.78 is 0.952. The lowest BCUT2D eigenvalue weighted by Gasteiger charge is -2.26. The van der Waals surface area contributed by atoms with Crippen molar-refractivity contribution >= 4 is 27.8 Å². The van der Waals surface area contributed by atoms with Gasteiger partial charge in [-0.2, -0.15) is 0 Å². The van der Waals surface area contributed by atoms with Crippen LogP contribution in [0, 0.1) is 0 Å². The summed E-state index contributed by atoms with van der Waals surface area (Å²) in [5.74, 6) is 0.366. The molecular formula is C14H19BrN4O. The van der Waals surface area contributed by atoms with E-state index in [0.717, 1.165) is 17.3 Å². The molecule has 1 aromatic carbocycles. The maximum Gasteiger partial charge on any atom is 0.251 e. The van der Waals surface area contributed by atoms with Gasteiger partial charge in [0.05, 0.1) is 6.54 Å². The van der Waals surface area contributed by atoms with Crippen LogP contribution in [0.4, 0.5) is 0 Å². The van der Waals surface area contributed by atoms with Gasteiger partial charge in [0, 0.05) is 22.6 Å². The zero-order chi connectivity index (χ0) is 14.4. The van der Waals surface area contributed by atoms with Crippen molar-refractivity contribution < 1.29 is 4.79 Å². The predicted octanol–water partition coefficient (Wildman–Crippen LogP) is 1.64. The molecule has 0 aliphatic heterocycles. The van der Waals surface area contributed by atoms with E-state index in [9.17, 15) is 4.79 Å². The summed E-state index contributed by atoms with van der Waals surface area (Å²) in [5, 5.41) is 5.96. The number of rotatable bonds is 5. The number of benzene rings is 1. The summed E-state index contributed by atoms with van der Waals surface area (Å²) in [6.07, 6.45) is 3.58. The van der Waals surface area contributed by atoms with Gasteiger partial charge in [-0.05, 0) is 43.5 Å². The van der Waals surface area contributed by atoms with E-state index in [1.54, 1.807) is 12.1 Å². The SMILES string of the molecule is NC(=NCCNC(=O)c1ccc(Br)cc1)NC1CCC1. The first-order valence-corrected chi connectivity index (χ1v) is 7.54. The molecule has 0 unspecified atom stereocenters. The van der Waals surface area contributed by atoms with E-state index >= 15 is 0 Å². The Bertz CT molecular complexity index is 482. The maximum absolute atomic E-state index is 11.8.